The van der Waals surface area contributed by atoms with E-state index in [0.29, 0.717) is 31.7 Å². The Hall–Kier alpha value is -1.20. The van der Waals surface area contributed by atoms with Crippen molar-refractivity contribution in [3.63, 3.8) is 0 Å². The van der Waals surface area contributed by atoms with Crippen LogP contribution in [0.1, 0.15) is 93.9 Å². The maximum absolute atomic E-state index is 12.8. The van der Waals surface area contributed by atoms with Gasteiger partial charge in [0.25, 0.3) is 0 Å². The van der Waals surface area contributed by atoms with Crippen molar-refractivity contribution in [2.45, 2.75) is 123 Å². The Bertz CT molecular complexity index is 795. The number of nitrogens with zero attached hydrogens (tertiary/aromatic N) is 1. The molecular formula is C26H50BN3O6. The fourth-order valence-corrected chi connectivity index (χ4v) is 6.22. The van der Waals surface area contributed by atoms with Gasteiger partial charge < -0.3 is 36.2 Å². The molecule has 1 saturated heterocycles. The SMILES string of the molecule is CC1(O)CCC2CC1(O)C2(C)C.CC[C@H](NC(=O)[C@H](CC(C)C)N1CCC(N)(C(C)C)C1=O)B(O)O. The van der Waals surface area contributed by atoms with Gasteiger partial charge in [-0.3, -0.25) is 9.59 Å². The number of nitrogens with one attached hydrogen (secondary N) is 1. The van der Waals surface area contributed by atoms with Crippen molar-refractivity contribution in [3.8, 4) is 0 Å². The number of fused-ring (bicyclic) bond motifs is 2. The van der Waals surface area contributed by atoms with Crippen molar-refractivity contribution in [1.29, 1.82) is 0 Å². The van der Waals surface area contributed by atoms with Crippen molar-refractivity contribution in [2.24, 2.45) is 28.9 Å². The van der Waals surface area contributed by atoms with E-state index in [2.05, 4.69) is 19.2 Å². The van der Waals surface area contributed by atoms with E-state index in [1.165, 1.54) is 0 Å². The van der Waals surface area contributed by atoms with Gasteiger partial charge in [0.2, 0.25) is 11.8 Å². The number of hydrogen-bond donors (Lipinski definition) is 6. The zero-order valence-electron chi connectivity index (χ0n) is 23.5. The van der Waals surface area contributed by atoms with Gasteiger partial charge in [-0.15, -0.1) is 0 Å². The molecule has 0 spiro atoms. The van der Waals surface area contributed by atoms with Crippen LogP contribution in [0.3, 0.4) is 0 Å². The normalized spacial score (nSPS) is 34.6. The van der Waals surface area contributed by atoms with Crippen molar-refractivity contribution < 1.29 is 29.9 Å². The van der Waals surface area contributed by atoms with Gasteiger partial charge in [0, 0.05) is 6.54 Å². The summed E-state index contributed by atoms with van der Waals surface area (Å²) in [5.74, 6) is -0.499. The molecule has 3 saturated carbocycles. The number of carbonyl (C=O) groups is 2. The lowest BCUT2D eigenvalue weighted by Gasteiger charge is -2.68. The van der Waals surface area contributed by atoms with E-state index in [1.54, 1.807) is 18.7 Å². The van der Waals surface area contributed by atoms with Crippen LogP contribution in [0.4, 0.5) is 0 Å². The minimum absolute atomic E-state index is 0.0135. The molecule has 4 rings (SSSR count). The number of likely N-dealkylation sites (tertiary alicyclic amines) is 1. The summed E-state index contributed by atoms with van der Waals surface area (Å²) in [5.41, 5.74) is 3.55. The van der Waals surface area contributed by atoms with Gasteiger partial charge in [-0.1, -0.05) is 48.5 Å². The van der Waals surface area contributed by atoms with Gasteiger partial charge in [0.15, 0.2) is 0 Å². The number of carbonyl (C=O) groups excluding carboxylic acids is 2. The van der Waals surface area contributed by atoms with Crippen LogP contribution >= 0.6 is 0 Å². The van der Waals surface area contributed by atoms with E-state index in [-0.39, 0.29) is 29.1 Å². The number of nitrogens with two attached hydrogens (primary N) is 1. The lowest BCUT2D eigenvalue weighted by atomic mass is 9.41. The monoisotopic (exact) mass is 511 g/mol. The zero-order valence-corrected chi connectivity index (χ0v) is 23.5. The molecule has 0 radical (unpaired) electrons. The molecule has 2 amide bonds. The first-order valence-electron chi connectivity index (χ1n) is 13.6. The van der Waals surface area contributed by atoms with Crippen LogP contribution < -0.4 is 11.1 Å². The third-order valence-corrected chi connectivity index (χ3v) is 9.46. The van der Waals surface area contributed by atoms with Crippen LogP contribution in [-0.4, -0.2) is 79.4 Å². The van der Waals surface area contributed by atoms with Crippen LogP contribution in [0.15, 0.2) is 0 Å². The van der Waals surface area contributed by atoms with Gasteiger partial charge in [-0.25, -0.2) is 0 Å². The molecule has 0 aromatic heterocycles. The maximum atomic E-state index is 12.8. The standard InChI is InChI=1S/C16H32BN3O4.C10H18O2/c1-6-13(17(23)24)19-14(21)12(9-10(2)3)20-8-7-16(18,11(4)5)15(20)22;1-8(2)7-4-5-9(3,11)10(8,12)6-7/h10-13,23-24H,6-9,18H2,1-5H3,(H,19,21);7,11-12H,4-6H2,1-3H3/t12-,13-,16?;/m0./s1. The largest absolute Gasteiger partial charge is 0.475 e. The highest BCUT2D eigenvalue weighted by molar-refractivity contribution is 6.43. The second kappa shape index (κ2) is 10.9. The summed E-state index contributed by atoms with van der Waals surface area (Å²) in [4.78, 5) is 27.1. The Morgan fingerprint density at radius 3 is 2.11 bits per heavy atom. The highest BCUT2D eigenvalue weighted by atomic mass is 16.4. The number of rotatable bonds is 8. The molecular weight excluding hydrogens is 461 g/mol. The molecule has 10 heteroatoms. The first-order chi connectivity index (χ1) is 16.4. The molecule has 3 aliphatic carbocycles. The van der Waals surface area contributed by atoms with Gasteiger partial charge in [0.05, 0.1) is 22.7 Å². The molecule has 6 atom stereocenters. The van der Waals surface area contributed by atoms with Gasteiger partial charge in [-0.05, 0) is 68.6 Å². The van der Waals surface area contributed by atoms with Crippen LogP contribution in [0.25, 0.3) is 0 Å². The first-order valence-corrected chi connectivity index (χ1v) is 13.6. The average molecular weight is 512 g/mol. The summed E-state index contributed by atoms with van der Waals surface area (Å²) in [6.45, 7) is 15.9. The molecule has 2 bridgehead atoms. The fourth-order valence-electron chi connectivity index (χ4n) is 6.22. The lowest BCUT2D eigenvalue weighted by molar-refractivity contribution is -0.312. The average Bonchev–Trinajstić information content (AvgIpc) is 3.07. The number of hydrogen-bond acceptors (Lipinski definition) is 7. The van der Waals surface area contributed by atoms with E-state index < -0.39 is 35.8 Å². The third kappa shape index (κ3) is 5.48. The summed E-state index contributed by atoms with van der Waals surface area (Å²) in [5, 5.41) is 41.6. The van der Waals surface area contributed by atoms with Gasteiger partial charge >= 0.3 is 7.12 Å². The summed E-state index contributed by atoms with van der Waals surface area (Å²) in [6.07, 6.45) is 4.00. The van der Waals surface area contributed by atoms with E-state index in [9.17, 15) is 29.9 Å². The lowest BCUT2D eigenvalue weighted by Crippen LogP contribution is -2.74. The Morgan fingerprint density at radius 2 is 1.75 bits per heavy atom. The molecule has 7 N–H and O–H groups in total. The molecule has 1 heterocycles. The second-order valence-corrected chi connectivity index (χ2v) is 12.8. The summed E-state index contributed by atoms with van der Waals surface area (Å²) >= 11 is 0. The minimum Gasteiger partial charge on any atom is -0.426 e. The Labute approximate surface area is 217 Å². The molecule has 4 aliphatic rings. The van der Waals surface area contributed by atoms with Crippen molar-refractivity contribution in [2.75, 3.05) is 6.54 Å². The van der Waals surface area contributed by atoms with Crippen LogP contribution in [-0.2, 0) is 9.59 Å². The molecule has 208 valence electrons. The zero-order chi connectivity index (χ0) is 27.9. The predicted molar refractivity (Wildman–Crippen MR) is 140 cm³/mol. The number of aliphatic hydroxyl groups is 2. The molecule has 4 unspecified atom stereocenters. The molecule has 9 nitrogen and oxygen atoms in total. The topological polar surface area (TPSA) is 156 Å². The van der Waals surface area contributed by atoms with E-state index in [4.69, 9.17) is 5.73 Å². The molecule has 0 aromatic carbocycles. The van der Waals surface area contributed by atoms with Crippen molar-refractivity contribution in [3.05, 3.63) is 0 Å². The fraction of sp³-hybridized carbons (Fsp3) is 0.923. The highest BCUT2D eigenvalue weighted by Gasteiger charge is 2.69. The van der Waals surface area contributed by atoms with E-state index >= 15 is 0 Å². The number of amides is 2. The quantitative estimate of drug-likeness (QED) is 0.268. The second-order valence-electron chi connectivity index (χ2n) is 12.8. The predicted octanol–water partition coefficient (Wildman–Crippen LogP) is 1.20. The van der Waals surface area contributed by atoms with Crippen LogP contribution in [0.5, 0.6) is 0 Å². The summed E-state index contributed by atoms with van der Waals surface area (Å²) in [6, 6.07) is -0.644. The van der Waals surface area contributed by atoms with Crippen LogP contribution in [0, 0.1) is 23.2 Å². The first kappa shape index (κ1) is 31.0. The maximum Gasteiger partial charge on any atom is 0.475 e. The molecule has 36 heavy (non-hydrogen) atoms. The third-order valence-electron chi connectivity index (χ3n) is 9.46. The van der Waals surface area contributed by atoms with E-state index in [0.717, 1.165) is 19.3 Å². The van der Waals surface area contributed by atoms with Crippen LogP contribution in [0.2, 0.25) is 0 Å². The van der Waals surface area contributed by atoms with Gasteiger partial charge in [-0.2, -0.15) is 0 Å². The molecule has 4 fully saturated rings. The van der Waals surface area contributed by atoms with Gasteiger partial charge in [0.1, 0.15) is 6.04 Å². The Balaban J connectivity index is 0.000000313. The Morgan fingerprint density at radius 1 is 1.17 bits per heavy atom. The molecule has 1 aliphatic heterocycles. The van der Waals surface area contributed by atoms with Crippen molar-refractivity contribution in [1.82, 2.24) is 10.2 Å². The Kier molecular flexibility index (Phi) is 9.38. The van der Waals surface area contributed by atoms with E-state index in [1.807, 2.05) is 27.7 Å². The van der Waals surface area contributed by atoms with Crippen molar-refractivity contribution >= 4 is 18.9 Å². The summed E-state index contributed by atoms with van der Waals surface area (Å²) in [7, 11) is -1.63. The molecule has 0 aromatic rings. The smallest absolute Gasteiger partial charge is 0.426 e. The summed E-state index contributed by atoms with van der Waals surface area (Å²) < 4.78 is 0. The highest BCUT2D eigenvalue weighted by Crippen LogP contribution is 2.65. The minimum atomic E-state index is -1.63.